The van der Waals surface area contributed by atoms with Gasteiger partial charge in [0.1, 0.15) is 0 Å². The standard InChI is InChI=1S/C6H11N/c1-3-6(2)4-5-7/h5,7H,2-4H2,1H3. The van der Waals surface area contributed by atoms with Gasteiger partial charge in [-0.2, -0.15) is 0 Å². The maximum Gasteiger partial charge on any atom is 0.00273 e. The van der Waals surface area contributed by atoms with E-state index in [0.29, 0.717) is 0 Å². The molecule has 0 radical (unpaired) electrons. The Balaban J connectivity index is 3.17. The summed E-state index contributed by atoms with van der Waals surface area (Å²) in [7, 11) is 0. The minimum Gasteiger partial charge on any atom is -0.313 e. The summed E-state index contributed by atoms with van der Waals surface area (Å²) in [5.41, 5.74) is 1.13. The van der Waals surface area contributed by atoms with Gasteiger partial charge in [-0.15, -0.1) is 0 Å². The van der Waals surface area contributed by atoms with Crippen LogP contribution in [0.3, 0.4) is 0 Å². The SMILES string of the molecule is C=C(CC)CC=N. The van der Waals surface area contributed by atoms with E-state index in [1.165, 1.54) is 6.21 Å². The predicted octanol–water partition coefficient (Wildman–Crippen LogP) is 1.99. The Kier molecular flexibility index (Phi) is 3.29. The number of allylic oxidation sites excluding steroid dienone is 1. The maximum atomic E-state index is 6.65. The van der Waals surface area contributed by atoms with E-state index in [2.05, 4.69) is 6.58 Å². The van der Waals surface area contributed by atoms with Gasteiger partial charge in [0.15, 0.2) is 0 Å². The van der Waals surface area contributed by atoms with E-state index in [-0.39, 0.29) is 0 Å². The van der Waals surface area contributed by atoms with Crippen LogP contribution in [0.1, 0.15) is 19.8 Å². The van der Waals surface area contributed by atoms with Gasteiger partial charge in [0, 0.05) is 6.42 Å². The third-order valence-corrected chi connectivity index (χ3v) is 0.891. The molecule has 0 unspecified atom stereocenters. The Morgan fingerprint density at radius 1 is 1.86 bits per heavy atom. The van der Waals surface area contributed by atoms with Crippen molar-refractivity contribution in [1.82, 2.24) is 0 Å². The first-order valence-electron chi connectivity index (χ1n) is 2.46. The fraction of sp³-hybridized carbons (Fsp3) is 0.500. The monoisotopic (exact) mass is 97.1 g/mol. The minimum absolute atomic E-state index is 0.747. The van der Waals surface area contributed by atoms with Crippen LogP contribution >= 0.6 is 0 Å². The van der Waals surface area contributed by atoms with E-state index in [9.17, 15) is 0 Å². The lowest BCUT2D eigenvalue weighted by atomic mass is 10.2. The molecule has 0 spiro atoms. The molecule has 0 aliphatic carbocycles. The van der Waals surface area contributed by atoms with Gasteiger partial charge in [-0.3, -0.25) is 0 Å². The third kappa shape index (κ3) is 3.23. The molecule has 0 atom stereocenters. The molecule has 1 nitrogen and oxygen atoms in total. The molecule has 1 N–H and O–H groups in total. The first kappa shape index (κ1) is 6.41. The summed E-state index contributed by atoms with van der Waals surface area (Å²) in [6, 6.07) is 0. The summed E-state index contributed by atoms with van der Waals surface area (Å²) in [5.74, 6) is 0. The van der Waals surface area contributed by atoms with Gasteiger partial charge in [0.05, 0.1) is 0 Å². The zero-order chi connectivity index (χ0) is 5.70. The van der Waals surface area contributed by atoms with Gasteiger partial charge in [0.25, 0.3) is 0 Å². The number of rotatable bonds is 3. The predicted molar refractivity (Wildman–Crippen MR) is 32.8 cm³/mol. The van der Waals surface area contributed by atoms with Crippen molar-refractivity contribution in [1.29, 1.82) is 5.41 Å². The van der Waals surface area contributed by atoms with Crippen LogP contribution in [0.5, 0.6) is 0 Å². The molecule has 0 saturated carbocycles. The van der Waals surface area contributed by atoms with E-state index in [1.807, 2.05) is 6.92 Å². The average molecular weight is 97.2 g/mol. The Morgan fingerprint density at radius 3 is 2.57 bits per heavy atom. The summed E-state index contributed by atoms with van der Waals surface area (Å²) >= 11 is 0. The van der Waals surface area contributed by atoms with Crippen molar-refractivity contribution in [2.24, 2.45) is 0 Å². The van der Waals surface area contributed by atoms with Gasteiger partial charge in [-0.05, 0) is 12.6 Å². The summed E-state index contributed by atoms with van der Waals surface area (Å²) in [5, 5.41) is 6.65. The molecule has 0 aliphatic rings. The second-order valence-corrected chi connectivity index (χ2v) is 1.51. The molecule has 0 rings (SSSR count). The topological polar surface area (TPSA) is 23.9 Å². The fourth-order valence-electron chi connectivity index (χ4n) is 0.289. The molecule has 0 fully saturated rings. The van der Waals surface area contributed by atoms with Crippen molar-refractivity contribution in [2.75, 3.05) is 0 Å². The second kappa shape index (κ2) is 3.59. The molecule has 40 valence electrons. The molecule has 0 aromatic carbocycles. The van der Waals surface area contributed by atoms with Crippen molar-refractivity contribution < 1.29 is 0 Å². The first-order chi connectivity index (χ1) is 3.31. The van der Waals surface area contributed by atoms with Crippen LogP contribution in [-0.4, -0.2) is 6.21 Å². The first-order valence-corrected chi connectivity index (χ1v) is 2.46. The Hall–Kier alpha value is -0.590. The van der Waals surface area contributed by atoms with Crippen LogP contribution in [0.2, 0.25) is 0 Å². The van der Waals surface area contributed by atoms with E-state index < -0.39 is 0 Å². The van der Waals surface area contributed by atoms with Crippen molar-refractivity contribution >= 4 is 6.21 Å². The van der Waals surface area contributed by atoms with Crippen LogP contribution in [0.15, 0.2) is 12.2 Å². The second-order valence-electron chi connectivity index (χ2n) is 1.51. The van der Waals surface area contributed by atoms with Crippen LogP contribution in [0.4, 0.5) is 0 Å². The molecular weight excluding hydrogens is 86.1 g/mol. The van der Waals surface area contributed by atoms with E-state index in [1.54, 1.807) is 0 Å². The lowest BCUT2D eigenvalue weighted by molar-refractivity contribution is 1.07. The molecule has 1 heteroatoms. The van der Waals surface area contributed by atoms with E-state index >= 15 is 0 Å². The fourth-order valence-corrected chi connectivity index (χ4v) is 0.289. The molecule has 0 heterocycles. The minimum atomic E-state index is 0.747. The van der Waals surface area contributed by atoms with Crippen LogP contribution in [0.25, 0.3) is 0 Å². The van der Waals surface area contributed by atoms with E-state index in [0.717, 1.165) is 18.4 Å². The quantitative estimate of drug-likeness (QED) is 0.411. The highest BCUT2D eigenvalue weighted by molar-refractivity contribution is 5.56. The van der Waals surface area contributed by atoms with Crippen molar-refractivity contribution in [2.45, 2.75) is 19.8 Å². The lowest BCUT2D eigenvalue weighted by Gasteiger charge is -1.90. The van der Waals surface area contributed by atoms with Crippen molar-refractivity contribution in [3.05, 3.63) is 12.2 Å². The highest BCUT2D eigenvalue weighted by atomic mass is 14.3. The van der Waals surface area contributed by atoms with Crippen molar-refractivity contribution in [3.8, 4) is 0 Å². The van der Waals surface area contributed by atoms with Crippen molar-refractivity contribution in [3.63, 3.8) is 0 Å². The molecule has 0 bridgehead atoms. The van der Waals surface area contributed by atoms with Gasteiger partial charge < -0.3 is 5.41 Å². The lowest BCUT2D eigenvalue weighted by Crippen LogP contribution is -1.76. The molecule has 0 aromatic rings. The Bertz CT molecular complexity index is 74.2. The molecule has 0 amide bonds. The smallest absolute Gasteiger partial charge is 0.00273 e. The summed E-state index contributed by atoms with van der Waals surface area (Å²) in [6.07, 6.45) is 3.12. The third-order valence-electron chi connectivity index (χ3n) is 0.891. The van der Waals surface area contributed by atoms with Gasteiger partial charge in [-0.1, -0.05) is 19.1 Å². The van der Waals surface area contributed by atoms with Gasteiger partial charge in [-0.25, -0.2) is 0 Å². The van der Waals surface area contributed by atoms with Gasteiger partial charge >= 0.3 is 0 Å². The normalized spacial score (nSPS) is 8.14. The number of nitrogens with one attached hydrogen (secondary N) is 1. The summed E-state index contributed by atoms with van der Waals surface area (Å²) in [4.78, 5) is 0. The highest BCUT2D eigenvalue weighted by Gasteiger charge is 1.81. The molecule has 0 aliphatic heterocycles. The number of hydrogen-bond donors (Lipinski definition) is 1. The molecule has 7 heavy (non-hydrogen) atoms. The summed E-state index contributed by atoms with van der Waals surface area (Å²) < 4.78 is 0. The van der Waals surface area contributed by atoms with Crippen LogP contribution in [0, 0.1) is 5.41 Å². The zero-order valence-corrected chi connectivity index (χ0v) is 4.70. The molecule has 0 saturated heterocycles. The van der Waals surface area contributed by atoms with Gasteiger partial charge in [0.2, 0.25) is 0 Å². The van der Waals surface area contributed by atoms with Crippen LogP contribution < -0.4 is 0 Å². The Labute approximate surface area is 44.6 Å². The molecular formula is C6H11N. The highest BCUT2D eigenvalue weighted by Crippen LogP contribution is 1.97. The largest absolute Gasteiger partial charge is 0.313 e. The zero-order valence-electron chi connectivity index (χ0n) is 4.70. The van der Waals surface area contributed by atoms with Crippen LogP contribution in [-0.2, 0) is 0 Å². The summed E-state index contributed by atoms with van der Waals surface area (Å²) in [6.45, 7) is 5.76. The maximum absolute atomic E-state index is 6.65. The average Bonchev–Trinajstić information content (AvgIpc) is 1.68. The van der Waals surface area contributed by atoms with E-state index in [4.69, 9.17) is 5.41 Å². The Morgan fingerprint density at radius 2 is 2.43 bits per heavy atom. The number of hydrogen-bond acceptors (Lipinski definition) is 1. The molecule has 0 aromatic heterocycles.